The maximum absolute atomic E-state index is 5.70. The van der Waals surface area contributed by atoms with E-state index in [9.17, 15) is 0 Å². The summed E-state index contributed by atoms with van der Waals surface area (Å²) in [7, 11) is 0. The van der Waals surface area contributed by atoms with Crippen LogP contribution in [0.15, 0.2) is 12.3 Å². The lowest BCUT2D eigenvalue weighted by atomic mass is 10.2. The van der Waals surface area contributed by atoms with Gasteiger partial charge in [-0.1, -0.05) is 6.92 Å². The van der Waals surface area contributed by atoms with E-state index < -0.39 is 0 Å². The van der Waals surface area contributed by atoms with Crippen LogP contribution in [0.2, 0.25) is 0 Å². The Morgan fingerprint density at radius 3 is 2.93 bits per heavy atom. The molecule has 0 amide bonds. The Morgan fingerprint density at radius 2 is 2.36 bits per heavy atom. The Balaban J connectivity index is 2.57. The number of alkyl halides is 1. The van der Waals surface area contributed by atoms with E-state index in [4.69, 9.17) is 11.6 Å². The molecule has 1 atom stereocenters. The number of anilines is 1. The fourth-order valence-corrected chi connectivity index (χ4v) is 1.52. The van der Waals surface area contributed by atoms with Crippen LogP contribution in [-0.4, -0.2) is 22.1 Å². The first-order valence-electron chi connectivity index (χ1n) is 4.88. The Kier molecular flexibility index (Phi) is 4.66. The highest BCUT2D eigenvalue weighted by molar-refractivity contribution is 6.17. The van der Waals surface area contributed by atoms with Crippen LogP contribution in [0.4, 0.5) is 5.82 Å². The van der Waals surface area contributed by atoms with Gasteiger partial charge in [-0.3, -0.25) is 0 Å². The second-order valence-corrected chi connectivity index (χ2v) is 3.72. The minimum absolute atomic E-state index is 0.392. The van der Waals surface area contributed by atoms with E-state index in [2.05, 4.69) is 22.4 Å². The van der Waals surface area contributed by atoms with Gasteiger partial charge in [0.05, 0.1) is 6.20 Å². The number of hydrogen-bond acceptors (Lipinski definition) is 3. The third-order valence-corrected chi connectivity index (χ3v) is 2.31. The number of hydrogen-bond donors (Lipinski definition) is 1. The molecule has 0 saturated carbocycles. The van der Waals surface area contributed by atoms with Gasteiger partial charge in [-0.2, -0.15) is 5.10 Å². The summed E-state index contributed by atoms with van der Waals surface area (Å²) in [5, 5.41) is 11.2. The molecule has 0 fully saturated rings. The minimum Gasteiger partial charge on any atom is -0.366 e. The lowest BCUT2D eigenvalue weighted by Crippen LogP contribution is -2.19. The zero-order valence-electron chi connectivity index (χ0n) is 8.63. The number of aromatic nitrogens is 2. The molecule has 1 unspecified atom stereocenters. The van der Waals surface area contributed by atoms with Crippen molar-refractivity contribution in [2.75, 3.05) is 11.2 Å². The molecule has 0 aliphatic rings. The van der Waals surface area contributed by atoms with Gasteiger partial charge in [0.15, 0.2) is 0 Å². The van der Waals surface area contributed by atoms with Crippen LogP contribution < -0.4 is 5.32 Å². The van der Waals surface area contributed by atoms with Gasteiger partial charge in [-0.15, -0.1) is 16.7 Å². The van der Waals surface area contributed by atoms with E-state index in [1.807, 2.05) is 13.0 Å². The van der Waals surface area contributed by atoms with Crippen LogP contribution >= 0.6 is 11.6 Å². The van der Waals surface area contributed by atoms with Crippen LogP contribution in [0.3, 0.4) is 0 Å². The van der Waals surface area contributed by atoms with Gasteiger partial charge in [-0.25, -0.2) is 0 Å². The second kappa shape index (κ2) is 5.81. The maximum Gasteiger partial charge on any atom is 0.149 e. The number of rotatable bonds is 5. The fourth-order valence-electron chi connectivity index (χ4n) is 1.25. The van der Waals surface area contributed by atoms with Crippen LogP contribution in [0.5, 0.6) is 0 Å². The van der Waals surface area contributed by atoms with E-state index in [0.717, 1.165) is 24.2 Å². The van der Waals surface area contributed by atoms with Gasteiger partial charge in [0, 0.05) is 11.9 Å². The van der Waals surface area contributed by atoms with E-state index in [0.29, 0.717) is 11.9 Å². The molecule has 0 radical (unpaired) electrons. The van der Waals surface area contributed by atoms with Gasteiger partial charge in [0.25, 0.3) is 0 Å². The van der Waals surface area contributed by atoms with Crippen molar-refractivity contribution in [3.8, 4) is 0 Å². The summed E-state index contributed by atoms with van der Waals surface area (Å²) in [6.45, 7) is 4.13. The SMILES string of the molecule is CCC(CCCl)Nc1cc(C)cnn1. The van der Waals surface area contributed by atoms with Crippen molar-refractivity contribution in [2.45, 2.75) is 32.7 Å². The highest BCUT2D eigenvalue weighted by Gasteiger charge is 2.05. The number of nitrogens with zero attached hydrogens (tertiary/aromatic N) is 2. The lowest BCUT2D eigenvalue weighted by Gasteiger charge is -2.15. The molecule has 0 aromatic carbocycles. The molecule has 1 rings (SSSR count). The Morgan fingerprint density at radius 1 is 1.57 bits per heavy atom. The summed E-state index contributed by atoms with van der Waals surface area (Å²) in [6, 6.07) is 2.38. The normalized spacial score (nSPS) is 12.5. The van der Waals surface area contributed by atoms with Crippen molar-refractivity contribution in [1.82, 2.24) is 10.2 Å². The average Bonchev–Trinajstić information content (AvgIpc) is 2.17. The van der Waals surface area contributed by atoms with Gasteiger partial charge < -0.3 is 5.32 Å². The molecule has 1 aromatic heterocycles. The first kappa shape index (κ1) is 11.2. The molecule has 0 bridgehead atoms. The number of nitrogens with one attached hydrogen (secondary N) is 1. The molecule has 14 heavy (non-hydrogen) atoms. The summed E-state index contributed by atoms with van der Waals surface area (Å²) in [5.41, 5.74) is 1.11. The largest absolute Gasteiger partial charge is 0.366 e. The molecule has 0 spiro atoms. The lowest BCUT2D eigenvalue weighted by molar-refractivity contribution is 0.669. The molecule has 1 N–H and O–H groups in total. The summed E-state index contributed by atoms with van der Waals surface area (Å²) in [6.07, 6.45) is 3.74. The first-order chi connectivity index (χ1) is 6.76. The predicted octanol–water partition coefficient (Wildman–Crippen LogP) is 2.60. The topological polar surface area (TPSA) is 37.8 Å². The van der Waals surface area contributed by atoms with Crippen molar-refractivity contribution < 1.29 is 0 Å². The number of aryl methyl sites for hydroxylation is 1. The average molecular weight is 214 g/mol. The third kappa shape index (κ3) is 3.50. The molecule has 0 saturated heterocycles. The zero-order valence-corrected chi connectivity index (χ0v) is 9.38. The second-order valence-electron chi connectivity index (χ2n) is 3.35. The maximum atomic E-state index is 5.70. The molecule has 1 aromatic rings. The van der Waals surface area contributed by atoms with Crippen LogP contribution in [-0.2, 0) is 0 Å². The van der Waals surface area contributed by atoms with E-state index >= 15 is 0 Å². The van der Waals surface area contributed by atoms with Crippen molar-refractivity contribution in [3.63, 3.8) is 0 Å². The van der Waals surface area contributed by atoms with Crippen molar-refractivity contribution >= 4 is 17.4 Å². The minimum atomic E-state index is 0.392. The highest BCUT2D eigenvalue weighted by atomic mass is 35.5. The van der Waals surface area contributed by atoms with E-state index in [1.165, 1.54) is 0 Å². The first-order valence-corrected chi connectivity index (χ1v) is 5.41. The summed E-state index contributed by atoms with van der Waals surface area (Å²) < 4.78 is 0. The van der Waals surface area contributed by atoms with Crippen LogP contribution in [0.1, 0.15) is 25.3 Å². The quantitative estimate of drug-likeness (QED) is 0.765. The highest BCUT2D eigenvalue weighted by Crippen LogP contribution is 2.09. The van der Waals surface area contributed by atoms with Gasteiger partial charge in [0.2, 0.25) is 0 Å². The third-order valence-electron chi connectivity index (χ3n) is 2.09. The Labute approximate surface area is 89.9 Å². The molecule has 0 aliphatic heterocycles. The predicted molar refractivity (Wildman–Crippen MR) is 59.8 cm³/mol. The van der Waals surface area contributed by atoms with Crippen LogP contribution in [0.25, 0.3) is 0 Å². The standard InChI is InChI=1S/C10H16ClN3/c1-3-9(4-5-11)13-10-6-8(2)7-12-14-10/h6-7,9H,3-5H2,1-2H3,(H,13,14). The van der Waals surface area contributed by atoms with Crippen molar-refractivity contribution in [2.24, 2.45) is 0 Å². The van der Waals surface area contributed by atoms with Gasteiger partial charge in [-0.05, 0) is 31.4 Å². The molecule has 0 aliphatic carbocycles. The smallest absolute Gasteiger partial charge is 0.149 e. The van der Waals surface area contributed by atoms with Crippen LogP contribution in [0, 0.1) is 6.92 Å². The monoisotopic (exact) mass is 213 g/mol. The van der Waals surface area contributed by atoms with Crippen molar-refractivity contribution in [1.29, 1.82) is 0 Å². The molecular weight excluding hydrogens is 198 g/mol. The Hall–Kier alpha value is -0.830. The van der Waals surface area contributed by atoms with Gasteiger partial charge in [0.1, 0.15) is 5.82 Å². The Bertz CT molecular complexity index is 278. The molecule has 1 heterocycles. The zero-order chi connectivity index (χ0) is 10.4. The summed E-state index contributed by atoms with van der Waals surface area (Å²) in [5.74, 6) is 1.51. The molecule has 78 valence electrons. The van der Waals surface area contributed by atoms with Gasteiger partial charge >= 0.3 is 0 Å². The molecular formula is C10H16ClN3. The van der Waals surface area contributed by atoms with E-state index in [-0.39, 0.29) is 0 Å². The fraction of sp³-hybridized carbons (Fsp3) is 0.600. The molecule has 3 nitrogen and oxygen atoms in total. The van der Waals surface area contributed by atoms with E-state index in [1.54, 1.807) is 6.20 Å². The summed E-state index contributed by atoms with van der Waals surface area (Å²) >= 11 is 5.70. The number of halogens is 1. The molecule has 4 heteroatoms. The summed E-state index contributed by atoms with van der Waals surface area (Å²) in [4.78, 5) is 0. The van der Waals surface area contributed by atoms with Crippen molar-refractivity contribution in [3.05, 3.63) is 17.8 Å².